The highest BCUT2D eigenvalue weighted by Gasteiger charge is 2.26. The van der Waals surface area contributed by atoms with E-state index in [0.29, 0.717) is 11.3 Å². The number of para-hydroxylation sites is 1. The van der Waals surface area contributed by atoms with Crippen LogP contribution in [0.2, 0.25) is 0 Å². The molecular formula is C17H15N3O2. The van der Waals surface area contributed by atoms with Gasteiger partial charge in [-0.1, -0.05) is 23.4 Å². The molecule has 5 nitrogen and oxygen atoms in total. The molecule has 0 spiro atoms. The summed E-state index contributed by atoms with van der Waals surface area (Å²) in [5, 5.41) is 6.80. The molecule has 0 atom stereocenters. The predicted molar refractivity (Wildman–Crippen MR) is 82.7 cm³/mol. The summed E-state index contributed by atoms with van der Waals surface area (Å²) in [7, 11) is 0. The highest BCUT2D eigenvalue weighted by Crippen LogP contribution is 2.35. The van der Waals surface area contributed by atoms with Gasteiger partial charge in [0.2, 0.25) is 0 Å². The van der Waals surface area contributed by atoms with Gasteiger partial charge in [-0.2, -0.15) is 0 Å². The van der Waals surface area contributed by atoms with Crippen molar-refractivity contribution in [2.24, 2.45) is 0 Å². The Labute approximate surface area is 127 Å². The van der Waals surface area contributed by atoms with Crippen molar-refractivity contribution in [2.45, 2.75) is 19.3 Å². The van der Waals surface area contributed by atoms with E-state index in [0.717, 1.165) is 41.8 Å². The molecule has 1 aromatic carbocycles. The van der Waals surface area contributed by atoms with Crippen LogP contribution < -0.4 is 5.32 Å². The van der Waals surface area contributed by atoms with Gasteiger partial charge in [-0.25, -0.2) is 0 Å². The Morgan fingerprint density at radius 3 is 2.95 bits per heavy atom. The Hall–Kier alpha value is -2.82. The first-order chi connectivity index (χ1) is 10.8. The molecule has 5 heteroatoms. The fourth-order valence-electron chi connectivity index (χ4n) is 2.92. The van der Waals surface area contributed by atoms with Gasteiger partial charge in [0.15, 0.2) is 5.76 Å². The summed E-state index contributed by atoms with van der Waals surface area (Å²) < 4.78 is 5.41. The molecule has 0 saturated carbocycles. The largest absolute Gasteiger partial charge is 0.364 e. The number of H-pyrrole nitrogens is 1. The molecule has 110 valence electrons. The average Bonchev–Trinajstić information content (AvgIpc) is 3.12. The highest BCUT2D eigenvalue weighted by atomic mass is 16.5. The molecule has 0 bridgehead atoms. The highest BCUT2D eigenvalue weighted by molar-refractivity contribution is 6.09. The van der Waals surface area contributed by atoms with Gasteiger partial charge in [0, 0.05) is 23.1 Å². The SMILES string of the molecule is O=C(Nc1ccccc1)c1c[nH]c2c1-c1oncc1CCC2. The third kappa shape index (κ3) is 2.11. The normalized spacial score (nSPS) is 13.1. The number of carbonyl (C=O) groups excluding carboxylic acids is 1. The summed E-state index contributed by atoms with van der Waals surface area (Å²) in [4.78, 5) is 15.8. The van der Waals surface area contributed by atoms with E-state index >= 15 is 0 Å². The lowest BCUT2D eigenvalue weighted by atomic mass is 10.1. The molecule has 2 N–H and O–H groups in total. The van der Waals surface area contributed by atoms with Crippen LogP contribution in [0.25, 0.3) is 11.3 Å². The number of nitrogens with one attached hydrogen (secondary N) is 2. The first-order valence-corrected chi connectivity index (χ1v) is 7.33. The summed E-state index contributed by atoms with van der Waals surface area (Å²) in [6, 6.07) is 9.43. The molecule has 1 amide bonds. The Kier molecular flexibility index (Phi) is 3.04. The van der Waals surface area contributed by atoms with Crippen LogP contribution in [0.5, 0.6) is 0 Å². The van der Waals surface area contributed by atoms with E-state index in [-0.39, 0.29) is 5.91 Å². The average molecular weight is 293 g/mol. The quantitative estimate of drug-likeness (QED) is 0.760. The Balaban J connectivity index is 1.74. The van der Waals surface area contributed by atoms with Crippen molar-refractivity contribution in [1.29, 1.82) is 0 Å². The van der Waals surface area contributed by atoms with E-state index in [1.165, 1.54) is 0 Å². The van der Waals surface area contributed by atoms with Crippen LogP contribution in [0, 0.1) is 0 Å². The van der Waals surface area contributed by atoms with Crippen LogP contribution in [0.3, 0.4) is 0 Å². The number of aromatic nitrogens is 2. The maximum Gasteiger partial charge on any atom is 0.257 e. The van der Waals surface area contributed by atoms with Gasteiger partial charge in [0.1, 0.15) is 0 Å². The number of hydrogen-bond acceptors (Lipinski definition) is 3. The first kappa shape index (κ1) is 12.9. The van der Waals surface area contributed by atoms with Crippen LogP contribution in [0.1, 0.15) is 28.0 Å². The topological polar surface area (TPSA) is 70.9 Å². The number of rotatable bonds is 2. The predicted octanol–water partition coefficient (Wildman–Crippen LogP) is 3.41. The van der Waals surface area contributed by atoms with Crippen molar-refractivity contribution >= 4 is 11.6 Å². The fraction of sp³-hybridized carbons (Fsp3) is 0.176. The van der Waals surface area contributed by atoms with Crippen LogP contribution >= 0.6 is 0 Å². The van der Waals surface area contributed by atoms with Gasteiger partial charge in [0.25, 0.3) is 5.91 Å². The summed E-state index contributed by atoms with van der Waals surface area (Å²) in [6.07, 6.45) is 6.33. The Morgan fingerprint density at radius 1 is 1.23 bits per heavy atom. The summed E-state index contributed by atoms with van der Waals surface area (Å²) in [6.45, 7) is 0. The zero-order chi connectivity index (χ0) is 14.9. The molecule has 22 heavy (non-hydrogen) atoms. The Morgan fingerprint density at radius 2 is 2.09 bits per heavy atom. The van der Waals surface area contributed by atoms with E-state index in [2.05, 4.69) is 15.5 Å². The number of carbonyl (C=O) groups is 1. The molecule has 0 unspecified atom stereocenters. The van der Waals surface area contributed by atoms with E-state index in [1.807, 2.05) is 30.3 Å². The molecule has 1 aliphatic carbocycles. The lowest BCUT2D eigenvalue weighted by Gasteiger charge is -2.05. The Bertz CT molecular complexity index is 818. The minimum absolute atomic E-state index is 0.145. The molecule has 4 rings (SSSR count). The zero-order valence-electron chi connectivity index (χ0n) is 11.9. The molecular weight excluding hydrogens is 278 g/mol. The zero-order valence-corrected chi connectivity index (χ0v) is 11.9. The monoisotopic (exact) mass is 293 g/mol. The number of benzene rings is 1. The number of amides is 1. The minimum atomic E-state index is -0.145. The van der Waals surface area contributed by atoms with Crippen molar-refractivity contribution < 1.29 is 9.32 Å². The number of fused-ring (bicyclic) bond motifs is 3. The van der Waals surface area contributed by atoms with E-state index in [1.54, 1.807) is 12.4 Å². The molecule has 0 saturated heterocycles. The maximum atomic E-state index is 12.6. The number of aryl methyl sites for hydroxylation is 2. The molecule has 0 aliphatic heterocycles. The van der Waals surface area contributed by atoms with Crippen LogP contribution in [0.4, 0.5) is 5.69 Å². The fourth-order valence-corrected chi connectivity index (χ4v) is 2.92. The number of anilines is 1. The van der Waals surface area contributed by atoms with Crippen molar-refractivity contribution in [1.82, 2.24) is 10.1 Å². The second kappa shape index (κ2) is 5.18. The molecule has 0 radical (unpaired) electrons. The van der Waals surface area contributed by atoms with Crippen molar-refractivity contribution in [3.63, 3.8) is 0 Å². The van der Waals surface area contributed by atoms with E-state index < -0.39 is 0 Å². The molecule has 1 aliphatic rings. The van der Waals surface area contributed by atoms with E-state index in [4.69, 9.17) is 4.52 Å². The summed E-state index contributed by atoms with van der Waals surface area (Å²) in [5.41, 5.74) is 4.31. The maximum absolute atomic E-state index is 12.6. The van der Waals surface area contributed by atoms with Crippen LogP contribution in [-0.2, 0) is 12.8 Å². The van der Waals surface area contributed by atoms with Gasteiger partial charge in [-0.05, 0) is 31.4 Å². The first-order valence-electron chi connectivity index (χ1n) is 7.33. The smallest absolute Gasteiger partial charge is 0.257 e. The van der Waals surface area contributed by atoms with Gasteiger partial charge in [0.05, 0.1) is 17.3 Å². The lowest BCUT2D eigenvalue weighted by Crippen LogP contribution is -2.12. The minimum Gasteiger partial charge on any atom is -0.364 e. The third-order valence-electron chi connectivity index (χ3n) is 3.98. The van der Waals surface area contributed by atoms with Gasteiger partial charge >= 0.3 is 0 Å². The van der Waals surface area contributed by atoms with Gasteiger partial charge in [-0.3, -0.25) is 4.79 Å². The molecule has 3 aromatic rings. The summed E-state index contributed by atoms with van der Waals surface area (Å²) in [5.74, 6) is 0.569. The number of hydrogen-bond donors (Lipinski definition) is 2. The van der Waals surface area contributed by atoms with Crippen LogP contribution in [-0.4, -0.2) is 16.0 Å². The number of aromatic amines is 1. The van der Waals surface area contributed by atoms with Crippen molar-refractivity contribution in [2.75, 3.05) is 5.32 Å². The van der Waals surface area contributed by atoms with Crippen LogP contribution in [0.15, 0.2) is 47.2 Å². The second-order valence-corrected chi connectivity index (χ2v) is 5.41. The molecule has 0 fully saturated rings. The van der Waals surface area contributed by atoms with Crippen molar-refractivity contribution in [3.8, 4) is 11.3 Å². The second-order valence-electron chi connectivity index (χ2n) is 5.41. The standard InChI is InChI=1S/C17H15N3O2/c21-17(20-12-6-2-1-3-7-12)13-10-18-14-8-4-5-11-9-19-22-16(11)15(13)14/h1-3,6-7,9-10,18H,4-5,8H2,(H,20,21). The van der Waals surface area contributed by atoms with Gasteiger partial charge < -0.3 is 14.8 Å². The third-order valence-corrected chi connectivity index (χ3v) is 3.98. The number of nitrogens with zero attached hydrogens (tertiary/aromatic N) is 1. The summed E-state index contributed by atoms with van der Waals surface area (Å²) >= 11 is 0. The lowest BCUT2D eigenvalue weighted by molar-refractivity contribution is 0.102. The molecule has 2 heterocycles. The van der Waals surface area contributed by atoms with Crippen molar-refractivity contribution in [3.05, 3.63) is 59.5 Å². The van der Waals surface area contributed by atoms with E-state index in [9.17, 15) is 4.79 Å². The van der Waals surface area contributed by atoms with Gasteiger partial charge in [-0.15, -0.1) is 0 Å². The molecule has 2 aromatic heterocycles.